The Hall–Kier alpha value is -2.97. The van der Waals surface area contributed by atoms with Gasteiger partial charge in [-0.15, -0.1) is 0 Å². The molecular weight excluding hydrogens is 395 g/mol. The molecule has 1 aliphatic heterocycles. The van der Waals surface area contributed by atoms with Crippen LogP contribution >= 0.6 is 11.6 Å². The quantitative estimate of drug-likeness (QED) is 0.537. The van der Waals surface area contributed by atoms with Crippen molar-refractivity contribution < 1.29 is 14.1 Å². The van der Waals surface area contributed by atoms with Crippen LogP contribution in [0, 0.1) is 5.82 Å². The van der Waals surface area contributed by atoms with E-state index in [0.717, 1.165) is 25.9 Å². The van der Waals surface area contributed by atoms with Gasteiger partial charge in [-0.2, -0.15) is 4.98 Å². The summed E-state index contributed by atoms with van der Waals surface area (Å²) in [4.78, 5) is 13.7. The number of hydrogen-bond acceptors (Lipinski definition) is 5. The Bertz CT molecular complexity index is 1170. The van der Waals surface area contributed by atoms with Crippen molar-refractivity contribution in [1.29, 1.82) is 0 Å². The second-order valence-electron chi connectivity index (χ2n) is 7.04. The fourth-order valence-corrected chi connectivity index (χ4v) is 3.97. The molecule has 1 aromatic carbocycles. The highest BCUT2D eigenvalue weighted by atomic mass is 35.5. The van der Waals surface area contributed by atoms with Crippen LogP contribution in [0.3, 0.4) is 0 Å². The number of fused-ring (bicyclic) bond motifs is 1. The number of piperidine rings is 1. The van der Waals surface area contributed by atoms with Gasteiger partial charge in [0.1, 0.15) is 23.5 Å². The van der Waals surface area contributed by atoms with Crippen LogP contribution in [0.1, 0.15) is 12.8 Å². The number of rotatable bonds is 4. The summed E-state index contributed by atoms with van der Waals surface area (Å²) in [6.45, 7) is 2.20. The van der Waals surface area contributed by atoms with Gasteiger partial charge in [-0.05, 0) is 24.3 Å². The molecule has 29 heavy (non-hydrogen) atoms. The molecule has 1 saturated heterocycles. The fourth-order valence-electron chi connectivity index (χ4n) is 3.71. The number of nitrogens with two attached hydrogens (primary N) is 1. The van der Waals surface area contributed by atoms with Gasteiger partial charge in [-0.1, -0.05) is 11.6 Å². The first-order valence-electron chi connectivity index (χ1n) is 9.51. The Morgan fingerprint density at radius 2 is 2.07 bits per heavy atom. The average Bonchev–Trinajstić information content (AvgIpc) is 3.30. The Balaban J connectivity index is 1.59. The van der Waals surface area contributed by atoms with Crippen LogP contribution in [0.2, 0.25) is 5.02 Å². The molecule has 3 N–H and O–H groups in total. The molecule has 0 radical (unpaired) electrons. The fraction of sp³-hybridized carbons (Fsp3) is 0.250. The van der Waals surface area contributed by atoms with Crippen LogP contribution in [0.25, 0.3) is 28.5 Å². The number of oxazole rings is 1. The second-order valence-corrected chi connectivity index (χ2v) is 7.45. The van der Waals surface area contributed by atoms with Crippen molar-refractivity contribution in [2.24, 2.45) is 0 Å². The van der Waals surface area contributed by atoms with E-state index < -0.39 is 5.82 Å². The smallest absolute Gasteiger partial charge is 0.306 e. The van der Waals surface area contributed by atoms with Crippen LogP contribution < -0.4 is 10.6 Å². The van der Waals surface area contributed by atoms with Crippen molar-refractivity contribution in [2.45, 2.75) is 18.9 Å². The summed E-state index contributed by atoms with van der Waals surface area (Å²) < 4.78 is 20.8. The third-order valence-corrected chi connectivity index (χ3v) is 5.43. The Morgan fingerprint density at radius 1 is 1.21 bits per heavy atom. The largest absolute Gasteiger partial charge is 0.432 e. The lowest BCUT2D eigenvalue weighted by Gasteiger charge is -2.21. The molecule has 3 aromatic heterocycles. The highest BCUT2D eigenvalue weighted by Gasteiger charge is 2.22. The maximum absolute atomic E-state index is 13.5. The van der Waals surface area contributed by atoms with Crippen LogP contribution in [0.4, 0.5) is 10.3 Å². The minimum absolute atomic E-state index is 0.276. The molecule has 0 unspecified atom stereocenters. The van der Waals surface area contributed by atoms with E-state index in [1.54, 1.807) is 29.1 Å². The molecule has 7 nitrogen and oxygen atoms in total. The molecule has 4 heterocycles. The zero-order valence-corrected chi connectivity index (χ0v) is 16.2. The van der Waals surface area contributed by atoms with E-state index in [0.29, 0.717) is 40.5 Å². The zero-order chi connectivity index (χ0) is 19.8. The van der Waals surface area contributed by atoms with E-state index in [1.807, 2.05) is 6.07 Å². The normalized spacial score (nSPS) is 15.1. The average molecular weight is 414 g/mol. The highest BCUT2D eigenvalue weighted by Crippen LogP contribution is 2.36. The molecule has 0 amide bonds. The lowest BCUT2D eigenvalue weighted by molar-refractivity contribution is -0.662. The summed E-state index contributed by atoms with van der Waals surface area (Å²) in [6.07, 6.45) is 7.19. The van der Waals surface area contributed by atoms with Crippen molar-refractivity contribution in [1.82, 2.24) is 19.4 Å². The monoisotopic (exact) mass is 413 g/mol. The summed E-state index contributed by atoms with van der Waals surface area (Å²) in [5, 5.41) is 6.02. The molecule has 0 saturated carbocycles. The number of halogens is 2. The molecule has 0 atom stereocenters. The SMILES string of the molecule is Fc1ccc(-c2nc3occn3c2-c2ccnc(NC3CC[NH2+]CC3)n2)c(Cl)c1. The molecular formula is C20H19ClFN6O+. The number of benzene rings is 1. The Morgan fingerprint density at radius 3 is 2.90 bits per heavy atom. The topological polar surface area (TPSA) is 84.9 Å². The van der Waals surface area contributed by atoms with Crippen molar-refractivity contribution >= 4 is 23.4 Å². The maximum atomic E-state index is 13.5. The number of anilines is 1. The number of nitrogens with zero attached hydrogens (tertiary/aromatic N) is 4. The number of aromatic nitrogens is 4. The second kappa shape index (κ2) is 7.46. The van der Waals surface area contributed by atoms with Gasteiger partial charge in [0.05, 0.1) is 23.8 Å². The van der Waals surface area contributed by atoms with Gasteiger partial charge in [0, 0.05) is 36.8 Å². The minimum atomic E-state index is -0.401. The first-order chi connectivity index (χ1) is 14.2. The van der Waals surface area contributed by atoms with Gasteiger partial charge in [0.25, 0.3) is 0 Å². The lowest BCUT2D eigenvalue weighted by atomic mass is 10.1. The summed E-state index contributed by atoms with van der Waals surface area (Å²) >= 11 is 6.31. The number of imidazole rings is 1. The molecule has 1 aliphatic rings. The van der Waals surface area contributed by atoms with Gasteiger partial charge in [0.2, 0.25) is 5.95 Å². The summed E-state index contributed by atoms with van der Waals surface area (Å²) in [5.74, 6) is 0.580. The first-order valence-corrected chi connectivity index (χ1v) is 9.89. The molecule has 0 bridgehead atoms. The predicted molar refractivity (Wildman–Crippen MR) is 107 cm³/mol. The van der Waals surface area contributed by atoms with E-state index >= 15 is 0 Å². The number of hydrogen-bond donors (Lipinski definition) is 2. The van der Waals surface area contributed by atoms with E-state index in [9.17, 15) is 4.39 Å². The van der Waals surface area contributed by atoms with Gasteiger partial charge < -0.3 is 15.1 Å². The highest BCUT2D eigenvalue weighted by molar-refractivity contribution is 6.33. The van der Waals surface area contributed by atoms with Crippen LogP contribution in [-0.2, 0) is 0 Å². The van der Waals surface area contributed by atoms with Crippen molar-refractivity contribution in [3.63, 3.8) is 0 Å². The van der Waals surface area contributed by atoms with E-state index in [4.69, 9.17) is 21.0 Å². The van der Waals surface area contributed by atoms with Gasteiger partial charge >= 0.3 is 5.84 Å². The van der Waals surface area contributed by atoms with Gasteiger partial charge in [-0.25, -0.2) is 14.4 Å². The third-order valence-electron chi connectivity index (χ3n) is 5.12. The lowest BCUT2D eigenvalue weighted by Crippen LogP contribution is -2.87. The number of quaternary nitrogens is 1. The van der Waals surface area contributed by atoms with Gasteiger partial charge in [-0.3, -0.25) is 4.40 Å². The van der Waals surface area contributed by atoms with E-state index in [2.05, 4.69) is 20.6 Å². The zero-order valence-electron chi connectivity index (χ0n) is 15.5. The van der Waals surface area contributed by atoms with E-state index in [1.165, 1.54) is 12.1 Å². The van der Waals surface area contributed by atoms with Crippen molar-refractivity contribution in [3.05, 3.63) is 53.8 Å². The third kappa shape index (κ3) is 3.45. The first kappa shape index (κ1) is 18.1. The molecule has 9 heteroatoms. The van der Waals surface area contributed by atoms with Crippen molar-refractivity contribution in [3.8, 4) is 22.6 Å². The van der Waals surface area contributed by atoms with Crippen LogP contribution in [-0.4, -0.2) is 38.5 Å². The molecule has 5 rings (SSSR count). The molecule has 4 aromatic rings. The summed E-state index contributed by atoms with van der Waals surface area (Å²) in [6, 6.07) is 6.42. The Kier molecular flexibility index (Phi) is 4.65. The standard InChI is InChI=1S/C20H18ClFN6O/c21-15-11-12(22)1-2-14(15)17-18(28-9-10-29-20(28)27-17)16-5-8-24-19(26-16)25-13-3-6-23-7-4-13/h1-2,5,8-11,13,23H,3-4,6-7H2,(H,24,25,26)/p+1. The molecule has 0 spiro atoms. The van der Waals surface area contributed by atoms with Crippen molar-refractivity contribution in [2.75, 3.05) is 18.4 Å². The van der Waals surface area contributed by atoms with E-state index in [-0.39, 0.29) is 5.02 Å². The maximum Gasteiger partial charge on any atom is 0.306 e. The number of nitrogens with one attached hydrogen (secondary N) is 1. The van der Waals surface area contributed by atoms with Crippen LogP contribution in [0.5, 0.6) is 0 Å². The minimum Gasteiger partial charge on any atom is -0.432 e. The van der Waals surface area contributed by atoms with Gasteiger partial charge in [0.15, 0.2) is 0 Å². The molecule has 0 aliphatic carbocycles. The van der Waals surface area contributed by atoms with Crippen LogP contribution in [0.15, 0.2) is 47.3 Å². The predicted octanol–water partition coefficient (Wildman–Crippen LogP) is 2.98. The summed E-state index contributed by atoms with van der Waals surface area (Å²) in [7, 11) is 0. The molecule has 1 fully saturated rings. The Labute approximate surface area is 171 Å². The summed E-state index contributed by atoms with van der Waals surface area (Å²) in [5.41, 5.74) is 2.57. The molecule has 148 valence electrons.